The molecule has 0 aliphatic carbocycles. The molecule has 3 N–H and O–H groups in total. The van der Waals surface area contributed by atoms with E-state index in [0.717, 1.165) is 17.8 Å². The molecule has 0 atom stereocenters. The van der Waals surface area contributed by atoms with Gasteiger partial charge in [-0.05, 0) is 31.2 Å². The van der Waals surface area contributed by atoms with Crippen molar-refractivity contribution in [1.82, 2.24) is 4.98 Å². The molecular weight excluding hydrogens is 363 g/mol. The fraction of sp³-hybridized carbons (Fsp3) is 0.200. The molecule has 1 aromatic carbocycles. The second-order valence-electron chi connectivity index (χ2n) is 4.33. The van der Waals surface area contributed by atoms with Gasteiger partial charge in [-0.2, -0.15) is 0 Å². The minimum atomic E-state index is 0. The highest BCUT2D eigenvalue weighted by Crippen LogP contribution is 2.07. The van der Waals surface area contributed by atoms with Crippen LogP contribution in [0.3, 0.4) is 0 Å². The summed E-state index contributed by atoms with van der Waals surface area (Å²) >= 11 is 0. The number of hydrogen-bond donors (Lipinski definition) is 2. The summed E-state index contributed by atoms with van der Waals surface area (Å²) in [6.45, 7) is 2.68. The van der Waals surface area contributed by atoms with Gasteiger partial charge in [0, 0.05) is 30.5 Å². The third kappa shape index (κ3) is 5.56. The average molecular weight is 382 g/mol. The van der Waals surface area contributed by atoms with Crippen molar-refractivity contribution in [3.05, 3.63) is 59.9 Å². The quantitative estimate of drug-likeness (QED) is 0.486. The Kier molecular flexibility index (Phi) is 7.00. The molecule has 2 rings (SSSR count). The number of pyridine rings is 1. The van der Waals surface area contributed by atoms with Gasteiger partial charge >= 0.3 is 0 Å². The number of halogens is 1. The number of aliphatic imine (C=N–C) groups is 1. The molecule has 0 amide bonds. The number of guanidine groups is 1. The SMILES string of the molecule is Cc1ccc(NC(N)=NCCc2ccccn2)cc1.I. The first-order valence-electron chi connectivity index (χ1n) is 6.27. The molecular formula is C15H19IN4. The molecule has 4 nitrogen and oxygen atoms in total. The minimum Gasteiger partial charge on any atom is -0.370 e. The molecule has 0 saturated heterocycles. The topological polar surface area (TPSA) is 63.3 Å². The zero-order chi connectivity index (χ0) is 13.5. The lowest BCUT2D eigenvalue weighted by atomic mass is 10.2. The van der Waals surface area contributed by atoms with Gasteiger partial charge in [-0.25, -0.2) is 0 Å². The smallest absolute Gasteiger partial charge is 0.193 e. The molecule has 106 valence electrons. The van der Waals surface area contributed by atoms with E-state index < -0.39 is 0 Å². The lowest BCUT2D eigenvalue weighted by Gasteiger charge is -2.05. The van der Waals surface area contributed by atoms with Gasteiger partial charge in [-0.1, -0.05) is 23.8 Å². The minimum absolute atomic E-state index is 0. The van der Waals surface area contributed by atoms with Crippen LogP contribution >= 0.6 is 24.0 Å². The van der Waals surface area contributed by atoms with E-state index in [4.69, 9.17) is 5.73 Å². The summed E-state index contributed by atoms with van der Waals surface area (Å²) in [4.78, 5) is 8.52. The van der Waals surface area contributed by atoms with Gasteiger partial charge in [0.15, 0.2) is 5.96 Å². The number of benzene rings is 1. The second-order valence-corrected chi connectivity index (χ2v) is 4.33. The number of hydrogen-bond acceptors (Lipinski definition) is 2. The number of anilines is 1. The van der Waals surface area contributed by atoms with Crippen molar-refractivity contribution in [2.45, 2.75) is 13.3 Å². The molecule has 20 heavy (non-hydrogen) atoms. The average Bonchev–Trinajstić information content (AvgIpc) is 2.43. The maximum absolute atomic E-state index is 5.83. The van der Waals surface area contributed by atoms with Crippen LogP contribution in [-0.2, 0) is 6.42 Å². The van der Waals surface area contributed by atoms with E-state index in [1.807, 2.05) is 49.4 Å². The highest BCUT2D eigenvalue weighted by atomic mass is 127. The lowest BCUT2D eigenvalue weighted by molar-refractivity contribution is 0.921. The van der Waals surface area contributed by atoms with Gasteiger partial charge in [-0.15, -0.1) is 24.0 Å². The predicted molar refractivity (Wildman–Crippen MR) is 94.6 cm³/mol. The summed E-state index contributed by atoms with van der Waals surface area (Å²) < 4.78 is 0. The molecule has 0 aliphatic heterocycles. The lowest BCUT2D eigenvalue weighted by Crippen LogP contribution is -2.23. The number of rotatable bonds is 4. The van der Waals surface area contributed by atoms with Crippen molar-refractivity contribution < 1.29 is 0 Å². The van der Waals surface area contributed by atoms with Crippen LogP contribution in [0, 0.1) is 6.92 Å². The van der Waals surface area contributed by atoms with Gasteiger partial charge in [0.05, 0.1) is 0 Å². The van der Waals surface area contributed by atoms with Gasteiger partial charge < -0.3 is 11.1 Å². The largest absolute Gasteiger partial charge is 0.370 e. The fourth-order valence-corrected chi connectivity index (χ4v) is 1.66. The summed E-state index contributed by atoms with van der Waals surface area (Å²) in [7, 11) is 0. The summed E-state index contributed by atoms with van der Waals surface area (Å²) in [5.41, 5.74) is 9.02. The van der Waals surface area contributed by atoms with Crippen molar-refractivity contribution in [1.29, 1.82) is 0 Å². The van der Waals surface area contributed by atoms with Crippen molar-refractivity contribution in [2.75, 3.05) is 11.9 Å². The van der Waals surface area contributed by atoms with Crippen molar-refractivity contribution in [2.24, 2.45) is 10.7 Å². The molecule has 5 heteroatoms. The first-order valence-corrected chi connectivity index (χ1v) is 6.27. The van der Waals surface area contributed by atoms with E-state index in [0.29, 0.717) is 12.5 Å². The normalized spacial score (nSPS) is 10.8. The van der Waals surface area contributed by atoms with Crippen LogP contribution in [0.15, 0.2) is 53.7 Å². The van der Waals surface area contributed by atoms with Crippen LogP contribution in [0.1, 0.15) is 11.3 Å². The number of nitrogens with zero attached hydrogens (tertiary/aromatic N) is 2. The van der Waals surface area contributed by atoms with E-state index >= 15 is 0 Å². The Bertz CT molecular complexity index is 538. The number of aromatic nitrogens is 1. The van der Waals surface area contributed by atoms with Crippen molar-refractivity contribution in [3.63, 3.8) is 0 Å². The van der Waals surface area contributed by atoms with Crippen LogP contribution in [-0.4, -0.2) is 17.5 Å². The van der Waals surface area contributed by atoms with Crippen molar-refractivity contribution in [3.8, 4) is 0 Å². The molecule has 0 bridgehead atoms. The van der Waals surface area contributed by atoms with E-state index in [-0.39, 0.29) is 24.0 Å². The summed E-state index contributed by atoms with van der Waals surface area (Å²) in [6.07, 6.45) is 2.57. The monoisotopic (exact) mass is 382 g/mol. The standard InChI is InChI=1S/C15H18N4.HI/c1-12-5-7-14(8-6-12)19-15(16)18-11-9-13-4-2-3-10-17-13;/h2-8,10H,9,11H2,1H3,(H3,16,18,19);1H. The van der Waals surface area contributed by atoms with Gasteiger partial charge in [0.25, 0.3) is 0 Å². The Balaban J connectivity index is 0.00000200. The van der Waals surface area contributed by atoms with Crippen LogP contribution in [0.5, 0.6) is 0 Å². The molecule has 0 fully saturated rings. The third-order valence-electron chi connectivity index (χ3n) is 2.70. The molecule has 0 unspecified atom stereocenters. The van der Waals surface area contributed by atoms with E-state index in [1.165, 1.54) is 5.56 Å². The molecule has 0 spiro atoms. The first-order chi connectivity index (χ1) is 9.24. The zero-order valence-electron chi connectivity index (χ0n) is 11.4. The predicted octanol–water partition coefficient (Wildman–Crippen LogP) is 2.98. The molecule has 1 heterocycles. The summed E-state index contributed by atoms with van der Waals surface area (Å²) in [6, 6.07) is 13.9. The molecule has 1 aromatic heterocycles. The van der Waals surface area contributed by atoms with Crippen LogP contribution < -0.4 is 11.1 Å². The zero-order valence-corrected chi connectivity index (χ0v) is 13.7. The molecule has 2 aromatic rings. The third-order valence-corrected chi connectivity index (χ3v) is 2.70. The maximum Gasteiger partial charge on any atom is 0.193 e. The van der Waals surface area contributed by atoms with Crippen LogP contribution in [0.4, 0.5) is 5.69 Å². The molecule has 0 radical (unpaired) electrons. The van der Waals surface area contributed by atoms with Crippen molar-refractivity contribution >= 4 is 35.6 Å². The van der Waals surface area contributed by atoms with Gasteiger partial charge in [0.2, 0.25) is 0 Å². The molecule has 0 aliphatic rings. The number of nitrogens with two attached hydrogens (primary N) is 1. The highest BCUT2D eigenvalue weighted by molar-refractivity contribution is 14.0. The Morgan fingerprint density at radius 1 is 1.20 bits per heavy atom. The van der Waals surface area contributed by atoms with Crippen LogP contribution in [0.25, 0.3) is 0 Å². The Labute approximate surface area is 136 Å². The van der Waals surface area contributed by atoms with E-state index in [9.17, 15) is 0 Å². The highest BCUT2D eigenvalue weighted by Gasteiger charge is 1.95. The summed E-state index contributed by atoms with van der Waals surface area (Å²) in [5.74, 6) is 0.430. The number of aryl methyl sites for hydroxylation is 1. The first kappa shape index (κ1) is 16.4. The van der Waals surface area contributed by atoms with Crippen LogP contribution in [0.2, 0.25) is 0 Å². The van der Waals surface area contributed by atoms with E-state index in [1.54, 1.807) is 6.20 Å². The Morgan fingerprint density at radius 2 is 1.95 bits per heavy atom. The Hall–Kier alpha value is -1.63. The Morgan fingerprint density at radius 3 is 2.60 bits per heavy atom. The molecule has 0 saturated carbocycles. The summed E-state index contributed by atoms with van der Waals surface area (Å²) in [5, 5.41) is 3.06. The number of nitrogens with one attached hydrogen (secondary N) is 1. The van der Waals surface area contributed by atoms with Gasteiger partial charge in [0.1, 0.15) is 0 Å². The second kappa shape index (κ2) is 8.52. The van der Waals surface area contributed by atoms with E-state index in [2.05, 4.69) is 15.3 Å². The fourth-order valence-electron chi connectivity index (χ4n) is 1.66. The maximum atomic E-state index is 5.83. The van der Waals surface area contributed by atoms with Gasteiger partial charge in [-0.3, -0.25) is 9.98 Å².